The Morgan fingerprint density at radius 2 is 2.36 bits per heavy atom. The van der Waals surface area contributed by atoms with Crippen LogP contribution in [-0.4, -0.2) is 17.6 Å². The molecule has 0 saturated heterocycles. The van der Waals surface area contributed by atoms with E-state index in [-0.39, 0.29) is 0 Å². The van der Waals surface area contributed by atoms with E-state index in [1.165, 1.54) is 17.8 Å². The van der Waals surface area contributed by atoms with Crippen molar-refractivity contribution in [1.29, 1.82) is 0 Å². The Kier molecular flexibility index (Phi) is 3.19. The fourth-order valence-electron chi connectivity index (χ4n) is 1.69. The first kappa shape index (κ1) is 10.1. The van der Waals surface area contributed by atoms with Crippen molar-refractivity contribution in [3.8, 4) is 0 Å². The number of rotatable bonds is 5. The summed E-state index contributed by atoms with van der Waals surface area (Å²) in [5.41, 5.74) is 0. The van der Waals surface area contributed by atoms with Crippen LogP contribution in [0.2, 0.25) is 0 Å². The van der Waals surface area contributed by atoms with Crippen molar-refractivity contribution in [2.24, 2.45) is 5.92 Å². The van der Waals surface area contributed by atoms with Crippen molar-refractivity contribution in [1.82, 2.24) is 10.3 Å². The minimum Gasteiger partial charge on any atom is -0.313 e. The molecule has 1 aliphatic rings. The van der Waals surface area contributed by atoms with E-state index < -0.39 is 0 Å². The lowest BCUT2D eigenvalue weighted by molar-refractivity contribution is 0.476. The summed E-state index contributed by atoms with van der Waals surface area (Å²) >= 11 is 1.76. The summed E-state index contributed by atoms with van der Waals surface area (Å²) in [7, 11) is 0. The summed E-state index contributed by atoms with van der Waals surface area (Å²) in [6.45, 7) is 5.60. The normalized spacial score (nSPS) is 20.7. The first-order valence-corrected chi connectivity index (χ1v) is 6.28. The zero-order valence-corrected chi connectivity index (χ0v) is 9.68. The summed E-state index contributed by atoms with van der Waals surface area (Å²) in [5, 5.41) is 6.90. The van der Waals surface area contributed by atoms with E-state index in [1.54, 1.807) is 11.3 Å². The highest BCUT2D eigenvalue weighted by molar-refractivity contribution is 7.09. The number of thiazole rings is 1. The maximum atomic E-state index is 4.33. The lowest BCUT2D eigenvalue weighted by atomic mass is 10.1. The van der Waals surface area contributed by atoms with Crippen LogP contribution >= 0.6 is 11.3 Å². The fourth-order valence-corrected chi connectivity index (χ4v) is 2.39. The largest absolute Gasteiger partial charge is 0.313 e. The molecule has 2 unspecified atom stereocenters. The van der Waals surface area contributed by atoms with Crippen LogP contribution in [-0.2, 0) is 0 Å². The number of nitrogens with zero attached hydrogens (tertiary/aromatic N) is 1. The Hall–Kier alpha value is -0.410. The highest BCUT2D eigenvalue weighted by atomic mass is 32.1. The van der Waals surface area contributed by atoms with E-state index in [1.807, 2.05) is 6.20 Å². The molecule has 0 bridgehead atoms. The molecule has 1 aromatic rings. The van der Waals surface area contributed by atoms with Crippen molar-refractivity contribution >= 4 is 11.3 Å². The van der Waals surface area contributed by atoms with Crippen LogP contribution < -0.4 is 5.32 Å². The van der Waals surface area contributed by atoms with E-state index in [9.17, 15) is 0 Å². The number of nitrogens with one attached hydrogen (secondary N) is 1. The molecule has 78 valence electrons. The maximum Gasteiger partial charge on any atom is 0.0965 e. The van der Waals surface area contributed by atoms with Gasteiger partial charge in [-0.25, -0.2) is 4.98 Å². The minimum absolute atomic E-state index is 0.552. The van der Waals surface area contributed by atoms with Gasteiger partial charge < -0.3 is 5.32 Å². The highest BCUT2D eigenvalue weighted by Gasteiger charge is 2.27. The molecule has 3 heteroatoms. The van der Waals surface area contributed by atoms with Crippen LogP contribution in [0, 0.1) is 5.92 Å². The minimum atomic E-state index is 0.552. The molecule has 0 spiro atoms. The first-order valence-electron chi connectivity index (χ1n) is 5.40. The van der Waals surface area contributed by atoms with E-state index in [4.69, 9.17) is 0 Å². The van der Waals surface area contributed by atoms with Gasteiger partial charge in [0.2, 0.25) is 0 Å². The standard InChI is InChI=1S/C11H18N2S/c1-8(11-12-5-6-14-11)7-13-9(2)10-3-4-10/h5-6,8-10,13H,3-4,7H2,1-2H3. The molecule has 1 heterocycles. The van der Waals surface area contributed by atoms with Crippen LogP contribution in [0.3, 0.4) is 0 Å². The van der Waals surface area contributed by atoms with Crippen LogP contribution in [0.1, 0.15) is 37.6 Å². The van der Waals surface area contributed by atoms with Crippen molar-refractivity contribution in [3.05, 3.63) is 16.6 Å². The Balaban J connectivity index is 1.74. The lowest BCUT2D eigenvalue weighted by Crippen LogP contribution is -2.31. The molecule has 2 atom stereocenters. The second-order valence-corrected chi connectivity index (χ2v) is 5.23. The number of aromatic nitrogens is 1. The Morgan fingerprint density at radius 3 is 2.93 bits per heavy atom. The average Bonchev–Trinajstić information content (AvgIpc) is 2.90. The third-order valence-electron chi connectivity index (χ3n) is 2.95. The number of hydrogen-bond acceptors (Lipinski definition) is 3. The van der Waals surface area contributed by atoms with E-state index in [0.29, 0.717) is 12.0 Å². The first-order chi connectivity index (χ1) is 6.77. The van der Waals surface area contributed by atoms with Gasteiger partial charge in [0.1, 0.15) is 0 Å². The molecule has 1 fully saturated rings. The average molecular weight is 210 g/mol. The maximum absolute atomic E-state index is 4.33. The third-order valence-corrected chi connectivity index (χ3v) is 3.96. The predicted octanol–water partition coefficient (Wildman–Crippen LogP) is 2.63. The molecule has 0 radical (unpaired) electrons. The molecule has 0 amide bonds. The van der Waals surface area contributed by atoms with Gasteiger partial charge in [0.05, 0.1) is 5.01 Å². The van der Waals surface area contributed by atoms with Crippen molar-refractivity contribution in [3.63, 3.8) is 0 Å². The summed E-state index contributed by atoms with van der Waals surface area (Å²) in [6.07, 6.45) is 4.72. The number of hydrogen-bond donors (Lipinski definition) is 1. The van der Waals surface area contributed by atoms with E-state index in [0.717, 1.165) is 12.5 Å². The summed E-state index contributed by atoms with van der Waals surface area (Å²) in [4.78, 5) is 4.33. The Labute approximate surface area is 89.8 Å². The SMILES string of the molecule is CC(CNC(C)C1CC1)c1nccs1. The zero-order chi connectivity index (χ0) is 9.97. The van der Waals surface area contributed by atoms with Crippen molar-refractivity contribution < 1.29 is 0 Å². The zero-order valence-electron chi connectivity index (χ0n) is 8.86. The van der Waals surface area contributed by atoms with Gasteiger partial charge in [-0.15, -0.1) is 11.3 Å². The molecule has 2 nitrogen and oxygen atoms in total. The summed E-state index contributed by atoms with van der Waals surface area (Å²) in [5.74, 6) is 1.50. The molecule has 2 rings (SSSR count). The molecule has 1 N–H and O–H groups in total. The lowest BCUT2D eigenvalue weighted by Gasteiger charge is -2.15. The van der Waals surface area contributed by atoms with Gasteiger partial charge in [-0.2, -0.15) is 0 Å². The second-order valence-electron chi connectivity index (χ2n) is 4.31. The summed E-state index contributed by atoms with van der Waals surface area (Å²) in [6, 6.07) is 0.692. The van der Waals surface area contributed by atoms with Gasteiger partial charge in [-0.3, -0.25) is 0 Å². The van der Waals surface area contributed by atoms with Gasteiger partial charge in [0, 0.05) is 30.1 Å². The Morgan fingerprint density at radius 1 is 1.57 bits per heavy atom. The van der Waals surface area contributed by atoms with Gasteiger partial charge >= 0.3 is 0 Å². The smallest absolute Gasteiger partial charge is 0.0965 e. The van der Waals surface area contributed by atoms with Crippen molar-refractivity contribution in [2.45, 2.75) is 38.6 Å². The van der Waals surface area contributed by atoms with Gasteiger partial charge in [0.15, 0.2) is 0 Å². The third kappa shape index (κ3) is 2.55. The topological polar surface area (TPSA) is 24.9 Å². The molecule has 0 aromatic carbocycles. The van der Waals surface area contributed by atoms with Crippen LogP contribution in [0.15, 0.2) is 11.6 Å². The van der Waals surface area contributed by atoms with Crippen molar-refractivity contribution in [2.75, 3.05) is 6.54 Å². The molecular formula is C11H18N2S. The van der Waals surface area contributed by atoms with Gasteiger partial charge in [-0.05, 0) is 25.7 Å². The van der Waals surface area contributed by atoms with Crippen LogP contribution in [0.25, 0.3) is 0 Å². The van der Waals surface area contributed by atoms with E-state index in [2.05, 4.69) is 29.5 Å². The quantitative estimate of drug-likeness (QED) is 0.808. The van der Waals surface area contributed by atoms with Crippen LogP contribution in [0.4, 0.5) is 0 Å². The van der Waals surface area contributed by atoms with E-state index >= 15 is 0 Å². The molecule has 14 heavy (non-hydrogen) atoms. The van der Waals surface area contributed by atoms with Crippen LogP contribution in [0.5, 0.6) is 0 Å². The Bertz CT molecular complexity index is 267. The fraction of sp³-hybridized carbons (Fsp3) is 0.727. The highest BCUT2D eigenvalue weighted by Crippen LogP contribution is 2.32. The van der Waals surface area contributed by atoms with Gasteiger partial charge in [0.25, 0.3) is 0 Å². The molecule has 1 saturated carbocycles. The molecule has 1 aliphatic carbocycles. The molecule has 0 aliphatic heterocycles. The monoisotopic (exact) mass is 210 g/mol. The van der Waals surface area contributed by atoms with Gasteiger partial charge in [-0.1, -0.05) is 6.92 Å². The second kappa shape index (κ2) is 4.41. The molecular weight excluding hydrogens is 192 g/mol. The molecule has 1 aromatic heterocycles. The predicted molar refractivity (Wildman–Crippen MR) is 60.7 cm³/mol. The summed E-state index contributed by atoms with van der Waals surface area (Å²) < 4.78 is 0.